The third-order valence-electron chi connectivity index (χ3n) is 5.70. The van der Waals surface area contributed by atoms with Crippen molar-refractivity contribution >= 4 is 9.84 Å². The van der Waals surface area contributed by atoms with Crippen LogP contribution in [0.25, 0.3) is 0 Å². The number of sulfone groups is 1. The van der Waals surface area contributed by atoms with E-state index in [1.54, 1.807) is 0 Å². The minimum Gasteiger partial charge on any atom is -0.246 e. The van der Waals surface area contributed by atoms with Crippen molar-refractivity contribution in [2.24, 2.45) is 0 Å². The van der Waals surface area contributed by atoms with Crippen LogP contribution in [0.3, 0.4) is 0 Å². The smallest absolute Gasteiger partial charge is 0.151 e. The summed E-state index contributed by atoms with van der Waals surface area (Å²) in [4.78, 5) is 4.84. The first-order valence-corrected chi connectivity index (χ1v) is 11.6. The number of benzene rings is 1. The maximum absolute atomic E-state index is 12.0. The zero-order valence-corrected chi connectivity index (χ0v) is 16.0. The molecule has 1 unspecified atom stereocenters. The summed E-state index contributed by atoms with van der Waals surface area (Å²) < 4.78 is 26.0. The van der Waals surface area contributed by atoms with Crippen LogP contribution < -0.4 is 0 Å². The van der Waals surface area contributed by atoms with Crippen molar-refractivity contribution in [3.8, 4) is 0 Å². The molecular weight excluding hydrogens is 346 g/mol. The van der Waals surface area contributed by atoms with Gasteiger partial charge < -0.3 is 0 Å². The van der Waals surface area contributed by atoms with Gasteiger partial charge in [0.15, 0.2) is 15.7 Å². The lowest BCUT2D eigenvalue weighted by atomic mass is 9.95. The molecule has 2 heterocycles. The molecular formula is C20H27N3O2S. The topological polar surface area (TPSA) is 64.8 Å². The SMILES string of the molecule is O=S1(=O)CCC(c2nc(CCc3ccccc3)nn2C2CCCCC2)C1. The number of nitrogens with zero attached hydrogens (tertiary/aromatic N) is 3. The summed E-state index contributed by atoms with van der Waals surface area (Å²) in [6.07, 6.45) is 8.42. The molecule has 0 spiro atoms. The molecule has 1 aliphatic heterocycles. The molecule has 1 atom stereocenters. The first-order chi connectivity index (χ1) is 12.6. The molecule has 4 rings (SSSR count). The predicted molar refractivity (Wildman–Crippen MR) is 102 cm³/mol. The van der Waals surface area contributed by atoms with Crippen LogP contribution in [0.5, 0.6) is 0 Å². The van der Waals surface area contributed by atoms with Crippen LogP contribution in [0.1, 0.15) is 67.7 Å². The number of hydrogen-bond acceptors (Lipinski definition) is 4. The van der Waals surface area contributed by atoms with Gasteiger partial charge in [0.2, 0.25) is 0 Å². The van der Waals surface area contributed by atoms with Crippen LogP contribution in [0.2, 0.25) is 0 Å². The van der Waals surface area contributed by atoms with Gasteiger partial charge in [0.25, 0.3) is 0 Å². The van der Waals surface area contributed by atoms with E-state index < -0.39 is 9.84 Å². The number of aromatic nitrogens is 3. The fraction of sp³-hybridized carbons (Fsp3) is 0.600. The van der Waals surface area contributed by atoms with Gasteiger partial charge in [-0.15, -0.1) is 0 Å². The van der Waals surface area contributed by atoms with Crippen LogP contribution in [0.4, 0.5) is 0 Å². The molecule has 1 aromatic carbocycles. The minimum atomic E-state index is -2.92. The number of rotatable bonds is 5. The molecule has 1 saturated heterocycles. The largest absolute Gasteiger partial charge is 0.246 e. The molecule has 26 heavy (non-hydrogen) atoms. The van der Waals surface area contributed by atoms with E-state index in [2.05, 4.69) is 28.9 Å². The Morgan fingerprint density at radius 2 is 1.77 bits per heavy atom. The lowest BCUT2D eigenvalue weighted by molar-refractivity contribution is 0.316. The second-order valence-electron chi connectivity index (χ2n) is 7.71. The molecule has 0 N–H and O–H groups in total. The first kappa shape index (κ1) is 17.7. The molecule has 2 aromatic rings. The van der Waals surface area contributed by atoms with E-state index in [0.717, 1.165) is 37.3 Å². The second-order valence-corrected chi connectivity index (χ2v) is 9.94. The highest BCUT2D eigenvalue weighted by atomic mass is 32.2. The Kier molecular flexibility index (Phi) is 5.11. The normalized spacial score (nSPS) is 23.3. The van der Waals surface area contributed by atoms with Crippen LogP contribution >= 0.6 is 0 Å². The van der Waals surface area contributed by atoms with Crippen LogP contribution in [0, 0.1) is 0 Å². The molecule has 1 aliphatic carbocycles. The third kappa shape index (κ3) is 4.00. The van der Waals surface area contributed by atoms with Gasteiger partial charge in [-0.1, -0.05) is 49.6 Å². The quantitative estimate of drug-likeness (QED) is 0.805. The van der Waals surface area contributed by atoms with E-state index in [-0.39, 0.29) is 17.4 Å². The molecule has 0 amide bonds. The lowest BCUT2D eigenvalue weighted by Gasteiger charge is -2.24. The Morgan fingerprint density at radius 1 is 1.00 bits per heavy atom. The third-order valence-corrected chi connectivity index (χ3v) is 7.47. The molecule has 2 aliphatic rings. The van der Waals surface area contributed by atoms with Crippen molar-refractivity contribution in [2.45, 2.75) is 63.3 Å². The zero-order chi connectivity index (χ0) is 18.0. The van der Waals surface area contributed by atoms with Crippen molar-refractivity contribution in [1.29, 1.82) is 0 Å². The van der Waals surface area contributed by atoms with Gasteiger partial charge in [-0.2, -0.15) is 5.10 Å². The van der Waals surface area contributed by atoms with Gasteiger partial charge in [0.1, 0.15) is 5.82 Å². The fourth-order valence-electron chi connectivity index (χ4n) is 4.26. The Balaban J connectivity index is 1.57. The average molecular weight is 374 g/mol. The molecule has 0 bridgehead atoms. The summed E-state index contributed by atoms with van der Waals surface area (Å²) in [5.41, 5.74) is 1.28. The molecule has 140 valence electrons. The number of aryl methyl sites for hydroxylation is 2. The van der Waals surface area contributed by atoms with E-state index in [4.69, 9.17) is 10.1 Å². The van der Waals surface area contributed by atoms with Gasteiger partial charge in [-0.3, -0.25) is 0 Å². The predicted octanol–water partition coefficient (Wildman–Crippen LogP) is 3.47. The summed E-state index contributed by atoms with van der Waals surface area (Å²) in [5, 5.41) is 4.85. The van der Waals surface area contributed by atoms with Gasteiger partial charge in [0, 0.05) is 12.3 Å². The Morgan fingerprint density at radius 3 is 2.46 bits per heavy atom. The standard InChI is InChI=1S/C20H27N3O2S/c24-26(25)14-13-17(15-26)20-21-19(12-11-16-7-3-1-4-8-16)22-23(20)18-9-5-2-6-10-18/h1,3-4,7-8,17-18H,2,5-6,9-15H2. The van der Waals surface area contributed by atoms with E-state index >= 15 is 0 Å². The van der Waals surface area contributed by atoms with Gasteiger partial charge in [-0.05, 0) is 31.2 Å². The van der Waals surface area contributed by atoms with Crippen molar-refractivity contribution in [3.05, 3.63) is 47.5 Å². The summed E-state index contributed by atoms with van der Waals surface area (Å²) in [6, 6.07) is 10.8. The minimum absolute atomic E-state index is 0.0138. The Bertz CT molecular complexity index is 839. The van der Waals surface area contributed by atoms with Crippen LogP contribution in [-0.4, -0.2) is 34.7 Å². The summed E-state index contributed by atoms with van der Waals surface area (Å²) in [7, 11) is -2.92. The maximum Gasteiger partial charge on any atom is 0.151 e. The van der Waals surface area contributed by atoms with E-state index in [1.807, 2.05) is 6.07 Å². The highest BCUT2D eigenvalue weighted by Crippen LogP contribution is 2.34. The van der Waals surface area contributed by atoms with E-state index in [9.17, 15) is 8.42 Å². The van der Waals surface area contributed by atoms with Crippen molar-refractivity contribution < 1.29 is 8.42 Å². The second kappa shape index (κ2) is 7.51. The highest BCUT2D eigenvalue weighted by molar-refractivity contribution is 7.91. The summed E-state index contributed by atoms with van der Waals surface area (Å²) >= 11 is 0. The molecule has 1 saturated carbocycles. The molecule has 2 fully saturated rings. The fourth-order valence-corrected chi connectivity index (χ4v) is 6.00. The zero-order valence-electron chi connectivity index (χ0n) is 15.2. The summed E-state index contributed by atoms with van der Waals surface area (Å²) in [5.74, 6) is 2.31. The lowest BCUT2D eigenvalue weighted by Crippen LogP contribution is -2.19. The molecule has 1 aromatic heterocycles. The average Bonchev–Trinajstić information content (AvgIpc) is 3.24. The van der Waals surface area contributed by atoms with Gasteiger partial charge in [-0.25, -0.2) is 18.1 Å². The first-order valence-electron chi connectivity index (χ1n) is 9.80. The van der Waals surface area contributed by atoms with Gasteiger partial charge >= 0.3 is 0 Å². The van der Waals surface area contributed by atoms with E-state index in [1.165, 1.54) is 24.8 Å². The van der Waals surface area contributed by atoms with Crippen molar-refractivity contribution in [1.82, 2.24) is 14.8 Å². The summed E-state index contributed by atoms with van der Waals surface area (Å²) in [6.45, 7) is 0. The molecule has 0 radical (unpaired) electrons. The van der Waals surface area contributed by atoms with E-state index in [0.29, 0.717) is 12.5 Å². The highest BCUT2D eigenvalue weighted by Gasteiger charge is 2.34. The van der Waals surface area contributed by atoms with Crippen molar-refractivity contribution in [2.75, 3.05) is 11.5 Å². The van der Waals surface area contributed by atoms with Crippen molar-refractivity contribution in [3.63, 3.8) is 0 Å². The van der Waals surface area contributed by atoms with Gasteiger partial charge in [0.05, 0.1) is 17.5 Å². The monoisotopic (exact) mass is 373 g/mol. The Labute approximate surface area is 155 Å². The van der Waals surface area contributed by atoms with Crippen LogP contribution in [0.15, 0.2) is 30.3 Å². The maximum atomic E-state index is 12.0. The Hall–Kier alpha value is -1.69. The molecule has 6 heteroatoms. The van der Waals surface area contributed by atoms with Crippen LogP contribution in [-0.2, 0) is 22.7 Å². The number of hydrogen-bond donors (Lipinski definition) is 0. The molecule has 5 nitrogen and oxygen atoms in total.